The molecule has 5 nitrogen and oxygen atoms in total. The zero-order chi connectivity index (χ0) is 18.7. The number of carbonyl (C=O) groups excluding carboxylic acids is 2. The molecule has 0 radical (unpaired) electrons. The van der Waals surface area contributed by atoms with E-state index in [1.54, 1.807) is 27.0 Å². The second kappa shape index (κ2) is 10.9. The number of rotatable bonds is 9. The average molecular weight is 344 g/mol. The van der Waals surface area contributed by atoms with Crippen LogP contribution < -0.4 is 4.74 Å². The summed E-state index contributed by atoms with van der Waals surface area (Å²) in [6.45, 7) is 3.73. The smallest absolute Gasteiger partial charge is 0.324 e. The van der Waals surface area contributed by atoms with E-state index >= 15 is 0 Å². The van der Waals surface area contributed by atoms with Crippen molar-refractivity contribution in [2.75, 3.05) is 20.3 Å². The SMILES string of the molecule is C#CC[C@H](/C=C/C(C(=O)OCC)C(=O)OCC)c1ccccc1OC. The van der Waals surface area contributed by atoms with Crippen molar-refractivity contribution < 1.29 is 23.8 Å². The van der Waals surface area contributed by atoms with E-state index in [-0.39, 0.29) is 19.1 Å². The van der Waals surface area contributed by atoms with Crippen LogP contribution in [0.3, 0.4) is 0 Å². The Labute approximate surface area is 149 Å². The molecule has 0 spiro atoms. The maximum Gasteiger partial charge on any atom is 0.324 e. The first kappa shape index (κ1) is 20.3. The van der Waals surface area contributed by atoms with E-state index in [2.05, 4.69) is 5.92 Å². The van der Waals surface area contributed by atoms with E-state index in [1.165, 1.54) is 6.08 Å². The lowest BCUT2D eigenvalue weighted by Crippen LogP contribution is -2.26. The molecule has 1 atom stereocenters. The lowest BCUT2D eigenvalue weighted by atomic mass is 9.93. The van der Waals surface area contributed by atoms with Crippen LogP contribution in [0.4, 0.5) is 0 Å². The molecule has 0 aliphatic carbocycles. The van der Waals surface area contributed by atoms with Crippen LogP contribution >= 0.6 is 0 Å². The third-order valence-electron chi connectivity index (χ3n) is 3.49. The normalized spacial score (nSPS) is 11.8. The summed E-state index contributed by atoms with van der Waals surface area (Å²) in [5, 5.41) is 0. The van der Waals surface area contributed by atoms with Gasteiger partial charge in [-0.1, -0.05) is 30.4 Å². The predicted octanol–water partition coefficient (Wildman–Crippen LogP) is 3.10. The zero-order valence-electron chi connectivity index (χ0n) is 14.9. The molecule has 0 aromatic heterocycles. The van der Waals surface area contributed by atoms with E-state index < -0.39 is 17.9 Å². The molecule has 0 aliphatic rings. The first-order valence-electron chi connectivity index (χ1n) is 8.16. The molecule has 1 rings (SSSR count). The molecule has 1 aromatic rings. The van der Waals surface area contributed by atoms with Crippen LogP contribution in [0.1, 0.15) is 31.7 Å². The molecule has 0 heterocycles. The maximum absolute atomic E-state index is 12.1. The van der Waals surface area contributed by atoms with Crippen molar-refractivity contribution in [3.63, 3.8) is 0 Å². The molecule has 0 bridgehead atoms. The minimum absolute atomic E-state index is 0.183. The van der Waals surface area contributed by atoms with Crippen molar-refractivity contribution in [3.8, 4) is 18.1 Å². The summed E-state index contributed by atoms with van der Waals surface area (Å²) < 4.78 is 15.3. The highest BCUT2D eigenvalue weighted by Crippen LogP contribution is 2.30. The second-order valence-electron chi connectivity index (χ2n) is 5.12. The Bertz CT molecular complexity index is 624. The van der Waals surface area contributed by atoms with E-state index in [0.29, 0.717) is 12.2 Å². The predicted molar refractivity (Wildman–Crippen MR) is 95.1 cm³/mol. The number of benzene rings is 1. The number of esters is 2. The minimum atomic E-state index is -1.12. The van der Waals surface area contributed by atoms with Gasteiger partial charge in [0, 0.05) is 17.9 Å². The summed E-state index contributed by atoms with van der Waals surface area (Å²) in [5.74, 6) is 0.701. The van der Waals surface area contributed by atoms with Gasteiger partial charge in [0.25, 0.3) is 0 Å². The molecular formula is C20H24O5. The van der Waals surface area contributed by atoms with Gasteiger partial charge >= 0.3 is 11.9 Å². The van der Waals surface area contributed by atoms with Crippen molar-refractivity contribution in [1.82, 2.24) is 0 Å². The van der Waals surface area contributed by atoms with Crippen molar-refractivity contribution >= 4 is 11.9 Å². The van der Waals surface area contributed by atoms with Gasteiger partial charge in [-0.15, -0.1) is 12.3 Å². The lowest BCUT2D eigenvalue weighted by Gasteiger charge is -2.16. The summed E-state index contributed by atoms with van der Waals surface area (Å²) in [4.78, 5) is 24.1. The van der Waals surface area contributed by atoms with Crippen LogP contribution in [0.15, 0.2) is 36.4 Å². The molecule has 0 unspecified atom stereocenters. The van der Waals surface area contributed by atoms with Crippen molar-refractivity contribution in [2.24, 2.45) is 5.92 Å². The van der Waals surface area contributed by atoms with Gasteiger partial charge in [-0.05, 0) is 19.9 Å². The third-order valence-corrected chi connectivity index (χ3v) is 3.49. The standard InChI is InChI=1S/C20H24O5/c1-5-10-15(16-11-8-9-12-18(16)23-4)13-14-17(19(21)24-6-2)20(22)25-7-3/h1,8-9,11-15,17H,6-7,10H2,2-4H3/b14-13+/t15-/m1/s1. The third kappa shape index (κ3) is 6.00. The van der Waals surface area contributed by atoms with E-state index in [9.17, 15) is 9.59 Å². The van der Waals surface area contributed by atoms with E-state index in [4.69, 9.17) is 20.6 Å². The van der Waals surface area contributed by atoms with E-state index in [1.807, 2.05) is 24.3 Å². The number of para-hydroxylation sites is 1. The van der Waals surface area contributed by atoms with Crippen molar-refractivity contribution in [3.05, 3.63) is 42.0 Å². The Morgan fingerprint density at radius 2 is 1.72 bits per heavy atom. The van der Waals surface area contributed by atoms with Gasteiger partial charge in [0.05, 0.1) is 20.3 Å². The summed E-state index contributed by atoms with van der Waals surface area (Å²) in [6.07, 6.45) is 9.09. The molecule has 0 saturated carbocycles. The average Bonchev–Trinajstić information content (AvgIpc) is 2.61. The van der Waals surface area contributed by atoms with Gasteiger partial charge in [-0.25, -0.2) is 0 Å². The number of ether oxygens (including phenoxy) is 3. The molecule has 1 aromatic carbocycles. The fraction of sp³-hybridized carbons (Fsp3) is 0.400. The van der Waals surface area contributed by atoms with Crippen molar-refractivity contribution in [2.45, 2.75) is 26.2 Å². The Kier molecular flexibility index (Phi) is 8.87. The first-order chi connectivity index (χ1) is 12.1. The first-order valence-corrected chi connectivity index (χ1v) is 8.16. The molecule has 0 amide bonds. The lowest BCUT2D eigenvalue weighted by molar-refractivity contribution is -0.158. The molecule has 0 fully saturated rings. The topological polar surface area (TPSA) is 61.8 Å². The Balaban J connectivity index is 3.12. The van der Waals surface area contributed by atoms with Gasteiger partial charge in [0.2, 0.25) is 0 Å². The number of methoxy groups -OCH3 is 1. The second-order valence-corrected chi connectivity index (χ2v) is 5.12. The fourth-order valence-corrected chi connectivity index (χ4v) is 2.34. The number of terminal acetylenes is 1. The van der Waals surface area contributed by atoms with E-state index in [0.717, 1.165) is 5.56 Å². The molecule has 0 aliphatic heterocycles. The molecule has 0 saturated heterocycles. The number of hydrogen-bond donors (Lipinski definition) is 0. The minimum Gasteiger partial charge on any atom is -0.496 e. The van der Waals surface area contributed by atoms with Crippen LogP contribution in [0.25, 0.3) is 0 Å². The largest absolute Gasteiger partial charge is 0.496 e. The van der Waals surface area contributed by atoms with Crippen LogP contribution in [0, 0.1) is 18.3 Å². The number of allylic oxidation sites excluding steroid dienone is 1. The van der Waals surface area contributed by atoms with Crippen LogP contribution in [0.5, 0.6) is 5.75 Å². The zero-order valence-corrected chi connectivity index (χ0v) is 14.9. The van der Waals surface area contributed by atoms with Gasteiger partial charge in [0.1, 0.15) is 5.75 Å². The molecule has 25 heavy (non-hydrogen) atoms. The van der Waals surface area contributed by atoms with Gasteiger partial charge in [-0.3, -0.25) is 9.59 Å². The van der Waals surface area contributed by atoms with Gasteiger partial charge in [0.15, 0.2) is 5.92 Å². The van der Waals surface area contributed by atoms with Crippen LogP contribution in [-0.4, -0.2) is 32.3 Å². The Morgan fingerprint density at radius 1 is 1.12 bits per heavy atom. The molecule has 5 heteroatoms. The van der Waals surface area contributed by atoms with Crippen molar-refractivity contribution in [1.29, 1.82) is 0 Å². The van der Waals surface area contributed by atoms with Gasteiger partial charge < -0.3 is 14.2 Å². The highest BCUT2D eigenvalue weighted by molar-refractivity contribution is 5.97. The highest BCUT2D eigenvalue weighted by atomic mass is 16.6. The summed E-state index contributed by atoms with van der Waals surface area (Å²) in [5.41, 5.74) is 0.880. The maximum atomic E-state index is 12.1. The molecule has 0 N–H and O–H groups in total. The van der Waals surface area contributed by atoms with Crippen LogP contribution in [-0.2, 0) is 19.1 Å². The molecule has 134 valence electrons. The summed E-state index contributed by atoms with van der Waals surface area (Å²) in [6, 6.07) is 7.47. The quantitative estimate of drug-likeness (QED) is 0.298. The summed E-state index contributed by atoms with van der Waals surface area (Å²) >= 11 is 0. The number of carbonyl (C=O) groups is 2. The summed E-state index contributed by atoms with van der Waals surface area (Å²) in [7, 11) is 1.58. The highest BCUT2D eigenvalue weighted by Gasteiger charge is 2.27. The van der Waals surface area contributed by atoms with Gasteiger partial charge in [-0.2, -0.15) is 0 Å². The monoisotopic (exact) mass is 344 g/mol. The fourth-order valence-electron chi connectivity index (χ4n) is 2.34. The Hall–Kier alpha value is -2.74. The molecular weight excluding hydrogens is 320 g/mol. The Morgan fingerprint density at radius 3 is 2.24 bits per heavy atom. The van der Waals surface area contributed by atoms with Crippen LogP contribution in [0.2, 0.25) is 0 Å². The number of hydrogen-bond acceptors (Lipinski definition) is 5.